The Labute approximate surface area is 166 Å². The van der Waals surface area contributed by atoms with Gasteiger partial charge in [0.05, 0.1) is 6.54 Å². The SMILES string of the molecule is CCn1c(CN2CCCC2)nnc1C1CCN(C(=O)c2cccc(C)n2)CC1. The van der Waals surface area contributed by atoms with E-state index in [1.54, 1.807) is 6.07 Å². The Kier molecular flexibility index (Phi) is 5.71. The molecule has 2 saturated heterocycles. The van der Waals surface area contributed by atoms with Gasteiger partial charge in [-0.25, -0.2) is 4.98 Å². The fourth-order valence-electron chi connectivity index (χ4n) is 4.42. The molecule has 2 aromatic heterocycles. The number of likely N-dealkylation sites (tertiary alicyclic amines) is 2. The van der Waals surface area contributed by atoms with Crippen molar-refractivity contribution in [3.05, 3.63) is 41.2 Å². The van der Waals surface area contributed by atoms with E-state index in [2.05, 4.69) is 31.6 Å². The first-order valence-electron chi connectivity index (χ1n) is 10.5. The van der Waals surface area contributed by atoms with Gasteiger partial charge in [0, 0.05) is 31.2 Å². The number of aromatic nitrogens is 4. The van der Waals surface area contributed by atoms with Crippen molar-refractivity contribution in [3.8, 4) is 0 Å². The predicted octanol–water partition coefficient (Wildman–Crippen LogP) is 2.62. The molecule has 2 aliphatic heterocycles. The van der Waals surface area contributed by atoms with Crippen LogP contribution in [0.5, 0.6) is 0 Å². The highest BCUT2D eigenvalue weighted by molar-refractivity contribution is 5.92. The quantitative estimate of drug-likeness (QED) is 0.795. The normalized spacial score (nSPS) is 18.7. The standard InChI is InChI=1S/C21H30N6O/c1-3-27-19(15-25-11-4-5-12-25)23-24-20(27)17-9-13-26(14-10-17)21(28)18-8-6-7-16(2)22-18/h6-8,17H,3-5,9-15H2,1-2H3. The third-order valence-corrected chi connectivity index (χ3v) is 5.99. The molecule has 4 heterocycles. The first-order chi connectivity index (χ1) is 13.7. The maximum Gasteiger partial charge on any atom is 0.272 e. The summed E-state index contributed by atoms with van der Waals surface area (Å²) in [6, 6.07) is 5.62. The van der Waals surface area contributed by atoms with Crippen molar-refractivity contribution in [2.45, 2.75) is 58.5 Å². The smallest absolute Gasteiger partial charge is 0.272 e. The highest BCUT2D eigenvalue weighted by atomic mass is 16.2. The molecule has 0 bridgehead atoms. The Bertz CT molecular complexity index is 818. The molecule has 0 radical (unpaired) electrons. The molecule has 0 saturated carbocycles. The fourth-order valence-corrected chi connectivity index (χ4v) is 4.42. The van der Waals surface area contributed by atoms with Crippen LogP contribution < -0.4 is 0 Å². The first kappa shape index (κ1) is 19.1. The maximum atomic E-state index is 12.7. The van der Waals surface area contributed by atoms with Gasteiger partial charge in [-0.05, 0) is 64.8 Å². The fraction of sp³-hybridized carbons (Fsp3) is 0.619. The Morgan fingerprint density at radius 3 is 2.54 bits per heavy atom. The van der Waals surface area contributed by atoms with Gasteiger partial charge < -0.3 is 9.47 Å². The number of nitrogens with zero attached hydrogens (tertiary/aromatic N) is 6. The maximum absolute atomic E-state index is 12.7. The zero-order chi connectivity index (χ0) is 19.5. The molecule has 0 aliphatic carbocycles. The Morgan fingerprint density at radius 2 is 1.86 bits per heavy atom. The molecular weight excluding hydrogens is 352 g/mol. The molecule has 2 aliphatic rings. The van der Waals surface area contributed by atoms with Crippen molar-refractivity contribution in [3.63, 3.8) is 0 Å². The van der Waals surface area contributed by atoms with E-state index >= 15 is 0 Å². The summed E-state index contributed by atoms with van der Waals surface area (Å²) in [5.74, 6) is 2.59. The molecule has 4 rings (SSSR count). The van der Waals surface area contributed by atoms with Crippen molar-refractivity contribution >= 4 is 5.91 Å². The van der Waals surface area contributed by atoms with Gasteiger partial charge in [-0.3, -0.25) is 9.69 Å². The average Bonchev–Trinajstić information content (AvgIpc) is 3.37. The number of piperidine rings is 1. The monoisotopic (exact) mass is 382 g/mol. The number of carbonyl (C=O) groups is 1. The molecule has 0 spiro atoms. The average molecular weight is 383 g/mol. The van der Waals surface area contributed by atoms with E-state index in [1.165, 1.54) is 25.9 Å². The summed E-state index contributed by atoms with van der Waals surface area (Å²) in [7, 11) is 0. The Morgan fingerprint density at radius 1 is 1.11 bits per heavy atom. The van der Waals surface area contributed by atoms with Crippen molar-refractivity contribution < 1.29 is 4.79 Å². The van der Waals surface area contributed by atoms with Gasteiger partial charge in [0.15, 0.2) is 0 Å². The number of carbonyl (C=O) groups excluding carboxylic acids is 1. The lowest BCUT2D eigenvalue weighted by Crippen LogP contribution is -2.38. The lowest BCUT2D eigenvalue weighted by Gasteiger charge is -2.31. The highest BCUT2D eigenvalue weighted by Gasteiger charge is 2.29. The summed E-state index contributed by atoms with van der Waals surface area (Å²) in [5, 5.41) is 9.08. The molecule has 1 amide bonds. The minimum absolute atomic E-state index is 0.0360. The van der Waals surface area contributed by atoms with Crippen LogP contribution in [-0.4, -0.2) is 61.6 Å². The molecule has 2 fully saturated rings. The number of pyridine rings is 1. The molecule has 2 aromatic rings. The minimum atomic E-state index is 0.0360. The van der Waals surface area contributed by atoms with E-state index in [4.69, 9.17) is 0 Å². The van der Waals surface area contributed by atoms with E-state index < -0.39 is 0 Å². The van der Waals surface area contributed by atoms with Crippen molar-refractivity contribution in [2.24, 2.45) is 0 Å². The minimum Gasteiger partial charge on any atom is -0.337 e. The molecular formula is C21H30N6O. The van der Waals surface area contributed by atoms with Gasteiger partial charge in [-0.2, -0.15) is 0 Å². The molecule has 7 heteroatoms. The van der Waals surface area contributed by atoms with Crippen LogP contribution in [0.4, 0.5) is 0 Å². The van der Waals surface area contributed by atoms with Crippen LogP contribution in [0.15, 0.2) is 18.2 Å². The molecule has 7 nitrogen and oxygen atoms in total. The third kappa shape index (κ3) is 3.94. The van der Waals surface area contributed by atoms with Crippen LogP contribution in [0.25, 0.3) is 0 Å². The second-order valence-corrected chi connectivity index (χ2v) is 7.93. The molecule has 150 valence electrons. The predicted molar refractivity (Wildman–Crippen MR) is 107 cm³/mol. The van der Waals surface area contributed by atoms with E-state index in [0.717, 1.165) is 56.4 Å². The summed E-state index contributed by atoms with van der Waals surface area (Å²) in [4.78, 5) is 21.5. The second kappa shape index (κ2) is 8.39. The Hall–Kier alpha value is -2.28. The molecule has 0 aromatic carbocycles. The summed E-state index contributed by atoms with van der Waals surface area (Å²) in [6.45, 7) is 9.71. The Balaban J connectivity index is 1.41. The number of hydrogen-bond acceptors (Lipinski definition) is 5. The van der Waals surface area contributed by atoms with Crippen molar-refractivity contribution in [1.82, 2.24) is 29.5 Å². The summed E-state index contributed by atoms with van der Waals surface area (Å²) < 4.78 is 2.29. The molecule has 0 atom stereocenters. The van der Waals surface area contributed by atoms with Gasteiger partial charge in [0.25, 0.3) is 5.91 Å². The topological polar surface area (TPSA) is 67.2 Å². The molecule has 0 unspecified atom stereocenters. The highest BCUT2D eigenvalue weighted by Crippen LogP contribution is 2.28. The van der Waals surface area contributed by atoms with Gasteiger partial charge in [-0.1, -0.05) is 6.07 Å². The number of rotatable bonds is 5. The summed E-state index contributed by atoms with van der Waals surface area (Å²) in [5.41, 5.74) is 1.42. The van der Waals surface area contributed by atoms with E-state index in [1.807, 2.05) is 24.0 Å². The molecule has 28 heavy (non-hydrogen) atoms. The van der Waals surface area contributed by atoms with E-state index in [0.29, 0.717) is 11.6 Å². The zero-order valence-corrected chi connectivity index (χ0v) is 17.0. The van der Waals surface area contributed by atoms with Crippen LogP contribution in [-0.2, 0) is 13.1 Å². The van der Waals surface area contributed by atoms with Crippen LogP contribution in [0, 0.1) is 6.92 Å². The van der Waals surface area contributed by atoms with Crippen LogP contribution in [0.1, 0.15) is 66.4 Å². The second-order valence-electron chi connectivity index (χ2n) is 7.93. The number of aryl methyl sites for hydroxylation is 1. The van der Waals surface area contributed by atoms with Crippen LogP contribution in [0.3, 0.4) is 0 Å². The van der Waals surface area contributed by atoms with Crippen molar-refractivity contribution in [1.29, 1.82) is 0 Å². The zero-order valence-electron chi connectivity index (χ0n) is 17.0. The van der Waals surface area contributed by atoms with E-state index in [9.17, 15) is 4.79 Å². The van der Waals surface area contributed by atoms with Gasteiger partial charge in [0.1, 0.15) is 17.3 Å². The van der Waals surface area contributed by atoms with Gasteiger partial charge in [0.2, 0.25) is 0 Å². The molecule has 0 N–H and O–H groups in total. The third-order valence-electron chi connectivity index (χ3n) is 5.99. The van der Waals surface area contributed by atoms with Crippen molar-refractivity contribution in [2.75, 3.05) is 26.2 Å². The van der Waals surface area contributed by atoms with Gasteiger partial charge in [-0.15, -0.1) is 10.2 Å². The summed E-state index contributed by atoms with van der Waals surface area (Å²) in [6.07, 6.45) is 4.43. The lowest BCUT2D eigenvalue weighted by molar-refractivity contribution is 0.0704. The van der Waals surface area contributed by atoms with Gasteiger partial charge >= 0.3 is 0 Å². The summed E-state index contributed by atoms with van der Waals surface area (Å²) >= 11 is 0. The lowest BCUT2D eigenvalue weighted by atomic mass is 9.95. The largest absolute Gasteiger partial charge is 0.337 e. The number of amides is 1. The van der Waals surface area contributed by atoms with Crippen LogP contribution >= 0.6 is 0 Å². The van der Waals surface area contributed by atoms with E-state index in [-0.39, 0.29) is 5.91 Å². The van der Waals surface area contributed by atoms with Crippen LogP contribution in [0.2, 0.25) is 0 Å². The number of hydrogen-bond donors (Lipinski definition) is 0. The first-order valence-corrected chi connectivity index (χ1v) is 10.5.